The fraction of sp³-hybridized carbons (Fsp3) is 0.667. The van der Waals surface area contributed by atoms with Crippen molar-refractivity contribution in [3.63, 3.8) is 0 Å². The molecule has 1 unspecified atom stereocenters. The summed E-state index contributed by atoms with van der Waals surface area (Å²) in [6, 6.07) is 0. The molecule has 0 radical (unpaired) electrons. The molecule has 1 N–H and O–H groups in total. The first-order valence-corrected chi connectivity index (χ1v) is 4.77. The van der Waals surface area contributed by atoms with Gasteiger partial charge in [-0.3, -0.25) is 4.79 Å². The van der Waals surface area contributed by atoms with Crippen molar-refractivity contribution >= 4 is 17.0 Å². The van der Waals surface area contributed by atoms with Crippen LogP contribution >= 0.6 is 11.6 Å². The third-order valence-corrected chi connectivity index (χ3v) is 2.27. The van der Waals surface area contributed by atoms with E-state index in [9.17, 15) is 4.79 Å². The van der Waals surface area contributed by atoms with E-state index in [4.69, 9.17) is 11.6 Å². The molecule has 0 saturated carbocycles. The average Bonchev–Trinajstić information content (AvgIpc) is 2.05. The smallest absolute Gasteiger partial charge is 0.313 e. The first-order chi connectivity index (χ1) is 5.79. The van der Waals surface area contributed by atoms with E-state index in [0.717, 1.165) is 6.42 Å². The molecular weight excluding hydrogens is 174 g/mol. The zero-order valence-electron chi connectivity index (χ0n) is 7.05. The highest BCUT2D eigenvalue weighted by Crippen LogP contribution is 2.19. The molecule has 0 fully saturated rings. The molecule has 1 atom stereocenters. The first-order valence-electron chi connectivity index (χ1n) is 4.39. The minimum Gasteiger partial charge on any atom is -0.343 e. The summed E-state index contributed by atoms with van der Waals surface area (Å²) < 4.78 is 0. The molecule has 1 aliphatic carbocycles. The molecule has 0 aromatic heterocycles. The van der Waals surface area contributed by atoms with E-state index in [-0.39, 0.29) is 0 Å². The normalized spacial score (nSPS) is 22.2. The molecule has 0 aliphatic heterocycles. The van der Waals surface area contributed by atoms with Crippen molar-refractivity contribution in [1.29, 1.82) is 0 Å². The molecule has 68 valence electrons. The molecule has 2 nitrogen and oxygen atoms in total. The van der Waals surface area contributed by atoms with Gasteiger partial charge in [0.05, 0.1) is 0 Å². The summed E-state index contributed by atoms with van der Waals surface area (Å²) in [5, 5.41) is 2.14. The van der Waals surface area contributed by atoms with Gasteiger partial charge >= 0.3 is 5.37 Å². The summed E-state index contributed by atoms with van der Waals surface area (Å²) >= 11 is 5.13. The van der Waals surface area contributed by atoms with Crippen LogP contribution in [-0.4, -0.2) is 11.9 Å². The molecule has 0 heterocycles. The highest BCUT2D eigenvalue weighted by molar-refractivity contribution is 6.62. The van der Waals surface area contributed by atoms with Crippen molar-refractivity contribution in [2.24, 2.45) is 5.92 Å². The topological polar surface area (TPSA) is 29.1 Å². The number of nitrogens with one attached hydrogen (secondary N) is 1. The van der Waals surface area contributed by atoms with Crippen LogP contribution in [0.25, 0.3) is 0 Å². The van der Waals surface area contributed by atoms with Gasteiger partial charge in [-0.1, -0.05) is 12.2 Å². The van der Waals surface area contributed by atoms with Crippen LogP contribution in [0.2, 0.25) is 0 Å². The standard InChI is InChI=1S/C9H14ClNO/c10-9(12)11-7-6-8-4-2-1-3-5-8/h2,4,8H,1,3,5-7H2,(H,11,12). The number of amides is 1. The quantitative estimate of drug-likeness (QED) is 0.411. The number of rotatable bonds is 3. The summed E-state index contributed by atoms with van der Waals surface area (Å²) in [5.74, 6) is 0.641. The third-order valence-electron chi connectivity index (χ3n) is 2.13. The fourth-order valence-electron chi connectivity index (χ4n) is 1.48. The van der Waals surface area contributed by atoms with Gasteiger partial charge in [-0.05, 0) is 43.2 Å². The number of hydrogen-bond donors (Lipinski definition) is 1. The zero-order chi connectivity index (χ0) is 8.81. The van der Waals surface area contributed by atoms with Crippen molar-refractivity contribution in [1.82, 2.24) is 5.32 Å². The van der Waals surface area contributed by atoms with Crippen molar-refractivity contribution in [2.45, 2.75) is 25.7 Å². The van der Waals surface area contributed by atoms with E-state index in [1.807, 2.05) is 0 Å². The van der Waals surface area contributed by atoms with Gasteiger partial charge in [0.1, 0.15) is 0 Å². The minimum atomic E-state index is -0.449. The number of hydrogen-bond acceptors (Lipinski definition) is 1. The van der Waals surface area contributed by atoms with E-state index >= 15 is 0 Å². The number of carbonyl (C=O) groups is 1. The molecular formula is C9H14ClNO. The Kier molecular flexibility index (Phi) is 4.15. The van der Waals surface area contributed by atoms with Crippen LogP contribution in [0.4, 0.5) is 4.79 Å². The number of halogens is 1. The summed E-state index contributed by atoms with van der Waals surface area (Å²) in [7, 11) is 0. The Bertz CT molecular complexity index is 179. The second-order valence-electron chi connectivity index (χ2n) is 3.11. The Labute approximate surface area is 78.0 Å². The highest BCUT2D eigenvalue weighted by atomic mass is 35.5. The van der Waals surface area contributed by atoms with Crippen molar-refractivity contribution < 1.29 is 4.79 Å². The average molecular weight is 188 g/mol. The van der Waals surface area contributed by atoms with Gasteiger partial charge in [-0.25, -0.2) is 0 Å². The molecule has 0 spiro atoms. The molecule has 0 aromatic rings. The lowest BCUT2D eigenvalue weighted by Gasteiger charge is -2.15. The summed E-state index contributed by atoms with van der Waals surface area (Å²) in [4.78, 5) is 10.3. The van der Waals surface area contributed by atoms with Crippen LogP contribution < -0.4 is 5.32 Å². The van der Waals surface area contributed by atoms with Gasteiger partial charge in [-0.2, -0.15) is 0 Å². The third kappa shape index (κ3) is 3.77. The highest BCUT2D eigenvalue weighted by Gasteiger charge is 2.07. The Morgan fingerprint density at radius 2 is 2.50 bits per heavy atom. The molecule has 3 heteroatoms. The van der Waals surface area contributed by atoms with E-state index < -0.39 is 5.37 Å². The van der Waals surface area contributed by atoms with E-state index in [1.54, 1.807) is 0 Å². The van der Waals surface area contributed by atoms with Crippen molar-refractivity contribution in [3.05, 3.63) is 12.2 Å². The Hall–Kier alpha value is -0.500. The van der Waals surface area contributed by atoms with Gasteiger partial charge in [0.25, 0.3) is 0 Å². The van der Waals surface area contributed by atoms with Gasteiger partial charge < -0.3 is 5.32 Å². The largest absolute Gasteiger partial charge is 0.343 e. The maximum atomic E-state index is 10.3. The molecule has 12 heavy (non-hydrogen) atoms. The molecule has 1 aliphatic rings. The van der Waals surface area contributed by atoms with Crippen molar-refractivity contribution in [2.75, 3.05) is 6.54 Å². The molecule has 1 rings (SSSR count). The Morgan fingerprint density at radius 1 is 1.67 bits per heavy atom. The first kappa shape index (κ1) is 9.59. The molecule has 0 saturated heterocycles. The number of carbonyl (C=O) groups excluding carboxylic acids is 1. The van der Waals surface area contributed by atoms with Crippen LogP contribution in [-0.2, 0) is 0 Å². The predicted octanol–water partition coefficient (Wildman–Crippen LogP) is 2.68. The zero-order valence-corrected chi connectivity index (χ0v) is 7.81. The maximum absolute atomic E-state index is 10.3. The van der Waals surface area contributed by atoms with Crippen LogP contribution in [0.3, 0.4) is 0 Å². The van der Waals surface area contributed by atoms with E-state index in [2.05, 4.69) is 17.5 Å². The molecule has 0 aromatic carbocycles. The van der Waals surface area contributed by atoms with Gasteiger partial charge in [0, 0.05) is 6.54 Å². The monoisotopic (exact) mass is 187 g/mol. The molecule has 1 amide bonds. The van der Waals surface area contributed by atoms with Gasteiger partial charge in [0.15, 0.2) is 0 Å². The minimum absolute atomic E-state index is 0.449. The maximum Gasteiger partial charge on any atom is 0.313 e. The second-order valence-corrected chi connectivity index (χ2v) is 3.45. The fourth-order valence-corrected chi connectivity index (χ4v) is 1.57. The lowest BCUT2D eigenvalue weighted by atomic mass is 9.93. The lowest BCUT2D eigenvalue weighted by Crippen LogP contribution is -2.20. The van der Waals surface area contributed by atoms with Crippen LogP contribution in [0.1, 0.15) is 25.7 Å². The second kappa shape index (κ2) is 5.20. The SMILES string of the molecule is O=C(Cl)NCCC1C=CCCC1. The predicted molar refractivity (Wildman–Crippen MR) is 50.3 cm³/mol. The summed E-state index contributed by atoms with van der Waals surface area (Å²) in [5.41, 5.74) is 0. The van der Waals surface area contributed by atoms with Crippen molar-refractivity contribution in [3.8, 4) is 0 Å². The van der Waals surface area contributed by atoms with E-state index in [0.29, 0.717) is 12.5 Å². The molecule has 0 bridgehead atoms. The van der Waals surface area contributed by atoms with Gasteiger partial charge in [-0.15, -0.1) is 0 Å². The van der Waals surface area contributed by atoms with E-state index in [1.165, 1.54) is 19.3 Å². The van der Waals surface area contributed by atoms with Crippen LogP contribution in [0.5, 0.6) is 0 Å². The van der Waals surface area contributed by atoms with Crippen LogP contribution in [0, 0.1) is 5.92 Å². The Morgan fingerprint density at radius 3 is 3.08 bits per heavy atom. The Balaban J connectivity index is 2.09. The summed E-state index contributed by atoms with van der Waals surface area (Å²) in [6.07, 6.45) is 9.19. The van der Waals surface area contributed by atoms with Gasteiger partial charge in [0.2, 0.25) is 0 Å². The summed E-state index contributed by atoms with van der Waals surface area (Å²) in [6.45, 7) is 0.692. The lowest BCUT2D eigenvalue weighted by molar-refractivity contribution is 0.259. The number of allylic oxidation sites excluding steroid dienone is 2. The van der Waals surface area contributed by atoms with Crippen LogP contribution in [0.15, 0.2) is 12.2 Å².